The van der Waals surface area contributed by atoms with Gasteiger partial charge in [0.1, 0.15) is 4.21 Å². The summed E-state index contributed by atoms with van der Waals surface area (Å²) in [6.07, 6.45) is 6.00. The van der Waals surface area contributed by atoms with Crippen LogP contribution in [0.3, 0.4) is 0 Å². The zero-order chi connectivity index (χ0) is 21.7. The quantitative estimate of drug-likeness (QED) is 0.586. The van der Waals surface area contributed by atoms with Crippen molar-refractivity contribution in [3.8, 4) is 0 Å². The molecule has 1 saturated carbocycles. The molecule has 2 N–H and O–H groups in total. The summed E-state index contributed by atoms with van der Waals surface area (Å²) in [5.74, 6) is 0.772. The van der Waals surface area contributed by atoms with Crippen molar-refractivity contribution in [2.45, 2.75) is 75.0 Å². The molecule has 1 heterocycles. The van der Waals surface area contributed by atoms with Crippen LogP contribution < -0.4 is 0 Å². The van der Waals surface area contributed by atoms with E-state index in [0.29, 0.717) is 20.9 Å². The molecule has 30 heavy (non-hydrogen) atoms. The summed E-state index contributed by atoms with van der Waals surface area (Å²) in [5.41, 5.74) is 4.06. The van der Waals surface area contributed by atoms with Crippen LogP contribution in [0.2, 0.25) is 0 Å². The average Bonchev–Trinajstić information content (AvgIpc) is 3.16. The first kappa shape index (κ1) is 21.7. The van der Waals surface area contributed by atoms with E-state index in [1.807, 2.05) is 0 Å². The Labute approximate surface area is 183 Å². The molecule has 162 valence electrons. The summed E-state index contributed by atoms with van der Waals surface area (Å²) in [7, 11) is -3.21. The normalized spacial score (nSPS) is 19.3. The molecule has 6 heteroatoms. The fourth-order valence-electron chi connectivity index (χ4n) is 4.62. The highest BCUT2D eigenvalue weighted by molar-refractivity contribution is 7.95. The maximum Gasteiger partial charge on any atom is 0.151 e. The Hall–Kier alpha value is -1.50. The van der Waals surface area contributed by atoms with E-state index in [9.17, 15) is 14.1 Å². The van der Waals surface area contributed by atoms with Crippen molar-refractivity contribution >= 4 is 26.8 Å². The second-order valence-electron chi connectivity index (χ2n) is 9.46. The molecule has 2 aliphatic carbocycles. The van der Waals surface area contributed by atoms with Gasteiger partial charge in [0, 0.05) is 11.3 Å². The molecule has 0 radical (unpaired) electrons. The Kier molecular flexibility index (Phi) is 5.71. The molecule has 0 unspecified atom stereocenters. The third-order valence-electron chi connectivity index (χ3n) is 6.50. The lowest BCUT2D eigenvalue weighted by atomic mass is 9.86. The van der Waals surface area contributed by atoms with E-state index in [2.05, 4.69) is 19.1 Å². The monoisotopic (exact) mass is 445 g/mol. The fourth-order valence-corrected chi connectivity index (χ4v) is 7.33. The Morgan fingerprint density at radius 1 is 1.27 bits per heavy atom. The zero-order valence-electron chi connectivity index (χ0n) is 18.0. The third-order valence-corrected chi connectivity index (χ3v) is 10.3. The molecule has 0 amide bonds. The second-order valence-corrected chi connectivity index (χ2v) is 12.9. The molecular weight excluding hydrogens is 414 g/mol. The number of carbonyl (C=O) groups excluding carboxylic acids is 1. The molecule has 0 spiro atoms. The molecule has 1 fully saturated rings. The van der Waals surface area contributed by atoms with E-state index in [0.717, 1.165) is 24.8 Å². The predicted octanol–water partition coefficient (Wildman–Crippen LogP) is 5.20. The number of aliphatic hydroxyl groups is 1. The highest BCUT2D eigenvalue weighted by atomic mass is 32.2. The lowest BCUT2D eigenvalue weighted by molar-refractivity contribution is -0.116. The van der Waals surface area contributed by atoms with Gasteiger partial charge >= 0.3 is 0 Å². The van der Waals surface area contributed by atoms with E-state index >= 15 is 0 Å². The molecule has 0 bridgehead atoms. The van der Waals surface area contributed by atoms with Crippen molar-refractivity contribution in [3.05, 3.63) is 51.4 Å². The predicted molar refractivity (Wildman–Crippen MR) is 122 cm³/mol. The molecule has 2 atom stereocenters. The van der Waals surface area contributed by atoms with Crippen molar-refractivity contribution in [3.63, 3.8) is 0 Å². The van der Waals surface area contributed by atoms with Crippen LogP contribution in [0.4, 0.5) is 0 Å². The van der Waals surface area contributed by atoms with E-state index in [1.165, 1.54) is 40.9 Å². The first-order chi connectivity index (χ1) is 14.1. The molecule has 0 saturated heterocycles. The fraction of sp³-hybridized carbons (Fsp3) is 0.542. The number of hydrogen-bond donors (Lipinski definition) is 2. The van der Waals surface area contributed by atoms with Gasteiger partial charge in [0.25, 0.3) is 0 Å². The summed E-state index contributed by atoms with van der Waals surface area (Å²) in [4.78, 5) is 13.7. The minimum Gasteiger partial charge on any atom is -0.385 e. The third kappa shape index (κ3) is 4.41. The minimum atomic E-state index is -3.21. The van der Waals surface area contributed by atoms with E-state index in [1.54, 1.807) is 26.0 Å². The number of aryl methyl sites for hydroxylation is 1. The molecule has 4 nitrogen and oxygen atoms in total. The van der Waals surface area contributed by atoms with Gasteiger partial charge < -0.3 is 5.11 Å². The number of ketones is 1. The van der Waals surface area contributed by atoms with Crippen molar-refractivity contribution in [2.75, 3.05) is 5.75 Å². The Morgan fingerprint density at radius 2 is 2.00 bits per heavy atom. The number of fused-ring (bicyclic) bond motifs is 1. The van der Waals surface area contributed by atoms with Crippen LogP contribution in [-0.4, -0.2) is 20.9 Å². The van der Waals surface area contributed by atoms with Crippen LogP contribution in [0.25, 0.3) is 0 Å². The first-order valence-electron chi connectivity index (χ1n) is 10.8. The van der Waals surface area contributed by atoms with Crippen LogP contribution in [0, 0.1) is 10.7 Å². The number of Topliss-reactive ketones (excluding diaryl/α,β-unsaturated/α-hetero) is 1. The number of benzene rings is 1. The smallest absolute Gasteiger partial charge is 0.151 e. The lowest BCUT2D eigenvalue weighted by Gasteiger charge is -2.20. The summed E-state index contributed by atoms with van der Waals surface area (Å²) >= 11 is 1.17. The van der Waals surface area contributed by atoms with E-state index < -0.39 is 15.3 Å². The van der Waals surface area contributed by atoms with Gasteiger partial charge in [-0.15, -0.1) is 11.3 Å². The highest BCUT2D eigenvalue weighted by Crippen LogP contribution is 2.44. The number of carbonyl (C=O) groups is 1. The van der Waals surface area contributed by atoms with Crippen LogP contribution >= 0.6 is 11.3 Å². The highest BCUT2D eigenvalue weighted by Gasteiger charge is 2.32. The number of thiophene rings is 1. The van der Waals surface area contributed by atoms with E-state index in [4.69, 9.17) is 4.78 Å². The Balaban J connectivity index is 1.57. The number of hydrogen-bond acceptors (Lipinski definition) is 5. The molecule has 0 aliphatic heterocycles. The first-order valence-corrected chi connectivity index (χ1v) is 13.3. The Bertz CT molecular complexity index is 1070. The van der Waals surface area contributed by atoms with Crippen molar-refractivity contribution in [2.24, 2.45) is 5.92 Å². The topological polar surface area (TPSA) is 78.2 Å². The van der Waals surface area contributed by atoms with Gasteiger partial charge in [0.15, 0.2) is 5.78 Å². The van der Waals surface area contributed by atoms with Gasteiger partial charge in [0.05, 0.1) is 21.1 Å². The standard InChI is InChI=1S/C24H31NO3S2/c1-15(16-7-8-16)19-10-9-17-5-4-6-20(17)21(19)13-18(26)14-30(25,28)23-12-11-22(29-23)24(2,3)27/h9-12,15-16,25,27H,4-8,13-14H2,1-3H3/t15-,30-/m1/s1. The van der Waals surface area contributed by atoms with Gasteiger partial charge in [-0.2, -0.15) is 0 Å². The molecule has 1 aromatic heterocycles. The molecule has 1 aromatic carbocycles. The van der Waals surface area contributed by atoms with Crippen molar-refractivity contribution in [1.82, 2.24) is 0 Å². The molecular formula is C24H31NO3S2. The average molecular weight is 446 g/mol. The summed E-state index contributed by atoms with van der Waals surface area (Å²) in [6, 6.07) is 7.78. The summed E-state index contributed by atoms with van der Waals surface area (Å²) < 4.78 is 21.8. The Morgan fingerprint density at radius 3 is 2.63 bits per heavy atom. The van der Waals surface area contributed by atoms with Gasteiger partial charge in [-0.25, -0.2) is 8.99 Å². The maximum absolute atomic E-state index is 13.1. The number of nitrogens with one attached hydrogen (secondary N) is 1. The SMILES string of the molecule is C[C@@H](c1ccc2c(c1CC(=O)C[S@@](=N)(=O)c1ccc(C(C)(C)O)s1)CCC2)C1CC1. The van der Waals surface area contributed by atoms with Gasteiger partial charge in [-0.05, 0) is 92.2 Å². The van der Waals surface area contributed by atoms with Gasteiger partial charge in [0.2, 0.25) is 0 Å². The van der Waals surface area contributed by atoms with Crippen LogP contribution in [0.5, 0.6) is 0 Å². The van der Waals surface area contributed by atoms with Crippen LogP contribution in [0.1, 0.15) is 73.1 Å². The maximum atomic E-state index is 13.1. The number of rotatable bonds is 8. The zero-order valence-corrected chi connectivity index (χ0v) is 19.6. The van der Waals surface area contributed by atoms with Crippen molar-refractivity contribution < 1.29 is 14.1 Å². The summed E-state index contributed by atoms with van der Waals surface area (Å²) in [6.45, 7) is 5.59. The largest absolute Gasteiger partial charge is 0.385 e. The molecule has 2 aliphatic rings. The lowest BCUT2D eigenvalue weighted by Crippen LogP contribution is -2.19. The second kappa shape index (κ2) is 7.88. The minimum absolute atomic E-state index is 0.127. The van der Waals surface area contributed by atoms with Gasteiger partial charge in [-0.1, -0.05) is 19.1 Å². The summed E-state index contributed by atoms with van der Waals surface area (Å²) in [5, 5.41) is 10.2. The molecule has 2 aromatic rings. The van der Waals surface area contributed by atoms with Crippen molar-refractivity contribution in [1.29, 1.82) is 4.78 Å². The van der Waals surface area contributed by atoms with Crippen LogP contribution in [-0.2, 0) is 39.4 Å². The van der Waals surface area contributed by atoms with Gasteiger partial charge in [-0.3, -0.25) is 4.79 Å². The van der Waals surface area contributed by atoms with Crippen LogP contribution in [0.15, 0.2) is 28.5 Å². The van der Waals surface area contributed by atoms with E-state index in [-0.39, 0.29) is 18.0 Å². The molecule has 4 rings (SSSR count).